The van der Waals surface area contributed by atoms with E-state index in [2.05, 4.69) is 5.32 Å². The van der Waals surface area contributed by atoms with Crippen LogP contribution in [0.15, 0.2) is 0 Å². The zero-order valence-electron chi connectivity index (χ0n) is 14.5. The van der Waals surface area contributed by atoms with Gasteiger partial charge in [-0.25, -0.2) is 4.79 Å². The van der Waals surface area contributed by atoms with E-state index in [-0.39, 0.29) is 18.2 Å². The molecule has 2 N–H and O–H groups in total. The lowest BCUT2D eigenvalue weighted by atomic mass is 9.96. The van der Waals surface area contributed by atoms with Crippen molar-refractivity contribution in [2.24, 2.45) is 0 Å². The summed E-state index contributed by atoms with van der Waals surface area (Å²) < 4.78 is 10.9. The van der Waals surface area contributed by atoms with Gasteiger partial charge in [-0.15, -0.1) is 0 Å². The highest BCUT2D eigenvalue weighted by atomic mass is 16.6. The van der Waals surface area contributed by atoms with E-state index in [9.17, 15) is 9.90 Å². The Morgan fingerprint density at radius 3 is 2.52 bits per heavy atom. The van der Waals surface area contributed by atoms with Crippen LogP contribution in [0.3, 0.4) is 0 Å². The summed E-state index contributed by atoms with van der Waals surface area (Å²) in [5.74, 6) is 0. The summed E-state index contributed by atoms with van der Waals surface area (Å²) in [4.78, 5) is 14.4. The molecule has 6 heteroatoms. The second-order valence-electron chi connectivity index (χ2n) is 8.35. The molecule has 0 aromatic carbocycles. The van der Waals surface area contributed by atoms with Gasteiger partial charge in [-0.2, -0.15) is 0 Å². The summed E-state index contributed by atoms with van der Waals surface area (Å²) in [6, 6.07) is 0.877. The average molecular weight is 326 g/mol. The molecule has 6 nitrogen and oxygen atoms in total. The summed E-state index contributed by atoms with van der Waals surface area (Å²) in [6.45, 7) is 7.36. The zero-order chi connectivity index (χ0) is 16.7. The highest BCUT2D eigenvalue weighted by molar-refractivity contribution is 5.69. The van der Waals surface area contributed by atoms with Gasteiger partial charge < -0.3 is 24.8 Å². The number of rotatable bonds is 3. The Labute approximate surface area is 138 Å². The number of carbonyl (C=O) groups is 1. The lowest BCUT2D eigenvalue weighted by Gasteiger charge is -2.40. The first kappa shape index (κ1) is 17.0. The SMILES string of the molecule is CC(C)(C)OC(=O)N1C2CCC1CC(NCC1(O)CCOC1)C2. The maximum atomic E-state index is 12.4. The molecule has 23 heavy (non-hydrogen) atoms. The molecule has 0 aromatic heterocycles. The lowest BCUT2D eigenvalue weighted by molar-refractivity contribution is -0.000243. The molecule has 3 aliphatic rings. The zero-order valence-corrected chi connectivity index (χ0v) is 14.5. The number of fused-ring (bicyclic) bond motifs is 2. The Morgan fingerprint density at radius 1 is 1.35 bits per heavy atom. The smallest absolute Gasteiger partial charge is 0.410 e. The van der Waals surface area contributed by atoms with Crippen LogP contribution in [-0.2, 0) is 9.47 Å². The molecule has 3 atom stereocenters. The molecule has 0 aliphatic carbocycles. The number of carbonyl (C=O) groups excluding carboxylic acids is 1. The van der Waals surface area contributed by atoms with Crippen molar-refractivity contribution in [2.45, 2.75) is 82.2 Å². The van der Waals surface area contributed by atoms with E-state index >= 15 is 0 Å². The van der Waals surface area contributed by atoms with Crippen LogP contribution in [0.5, 0.6) is 0 Å². The third kappa shape index (κ3) is 3.98. The first-order valence-corrected chi connectivity index (χ1v) is 8.81. The Kier molecular flexibility index (Phi) is 4.60. The van der Waals surface area contributed by atoms with Crippen LogP contribution in [0.25, 0.3) is 0 Å². The van der Waals surface area contributed by atoms with Crippen LogP contribution in [0.4, 0.5) is 4.79 Å². The number of aliphatic hydroxyl groups is 1. The summed E-state index contributed by atoms with van der Waals surface area (Å²) >= 11 is 0. The Morgan fingerprint density at radius 2 is 2.00 bits per heavy atom. The first-order chi connectivity index (χ1) is 10.8. The average Bonchev–Trinajstić information content (AvgIpc) is 2.98. The molecule has 3 heterocycles. The van der Waals surface area contributed by atoms with E-state index < -0.39 is 11.2 Å². The molecule has 0 saturated carbocycles. The highest BCUT2D eigenvalue weighted by Crippen LogP contribution is 2.37. The van der Waals surface area contributed by atoms with Crippen molar-refractivity contribution in [3.63, 3.8) is 0 Å². The van der Waals surface area contributed by atoms with Gasteiger partial charge in [0.2, 0.25) is 0 Å². The van der Waals surface area contributed by atoms with Crippen LogP contribution in [0.2, 0.25) is 0 Å². The number of hydrogen-bond donors (Lipinski definition) is 2. The minimum Gasteiger partial charge on any atom is -0.444 e. The van der Waals surface area contributed by atoms with Gasteiger partial charge in [-0.05, 0) is 46.5 Å². The van der Waals surface area contributed by atoms with Gasteiger partial charge in [-0.1, -0.05) is 0 Å². The van der Waals surface area contributed by atoms with Crippen LogP contribution >= 0.6 is 0 Å². The molecule has 0 spiro atoms. The summed E-state index contributed by atoms with van der Waals surface area (Å²) in [5, 5.41) is 13.9. The van der Waals surface area contributed by atoms with Gasteiger partial charge in [0.1, 0.15) is 11.2 Å². The minimum absolute atomic E-state index is 0.175. The second kappa shape index (κ2) is 6.22. The molecule has 0 aromatic rings. The maximum Gasteiger partial charge on any atom is 0.410 e. The van der Waals surface area contributed by atoms with Crippen LogP contribution < -0.4 is 5.32 Å². The monoisotopic (exact) mass is 326 g/mol. The quantitative estimate of drug-likeness (QED) is 0.825. The molecule has 3 aliphatic heterocycles. The number of amides is 1. The van der Waals surface area contributed by atoms with E-state index in [0.29, 0.717) is 32.2 Å². The van der Waals surface area contributed by atoms with Gasteiger partial charge in [0.25, 0.3) is 0 Å². The second-order valence-corrected chi connectivity index (χ2v) is 8.35. The summed E-state index contributed by atoms with van der Waals surface area (Å²) in [7, 11) is 0. The van der Waals surface area contributed by atoms with Crippen molar-refractivity contribution in [2.75, 3.05) is 19.8 Å². The Balaban J connectivity index is 1.53. The number of hydrogen-bond acceptors (Lipinski definition) is 5. The van der Waals surface area contributed by atoms with Gasteiger partial charge in [0.15, 0.2) is 0 Å². The fraction of sp³-hybridized carbons (Fsp3) is 0.941. The first-order valence-electron chi connectivity index (χ1n) is 8.81. The number of nitrogens with one attached hydrogen (secondary N) is 1. The molecule has 132 valence electrons. The topological polar surface area (TPSA) is 71.0 Å². The van der Waals surface area contributed by atoms with Gasteiger partial charge in [-0.3, -0.25) is 0 Å². The van der Waals surface area contributed by atoms with Crippen molar-refractivity contribution < 1.29 is 19.4 Å². The Bertz CT molecular complexity index is 428. The largest absolute Gasteiger partial charge is 0.444 e. The molecule has 3 rings (SSSR count). The predicted molar refractivity (Wildman–Crippen MR) is 86.3 cm³/mol. The maximum absolute atomic E-state index is 12.4. The van der Waals surface area contributed by atoms with Crippen LogP contribution in [0, 0.1) is 0 Å². The van der Waals surface area contributed by atoms with E-state index in [1.54, 1.807) is 0 Å². The summed E-state index contributed by atoms with van der Waals surface area (Å²) in [5.41, 5.74) is -1.17. The van der Waals surface area contributed by atoms with Gasteiger partial charge >= 0.3 is 6.09 Å². The summed E-state index contributed by atoms with van der Waals surface area (Å²) in [6.07, 6.45) is 4.50. The molecule has 0 radical (unpaired) electrons. The van der Waals surface area contributed by atoms with Gasteiger partial charge in [0.05, 0.1) is 6.61 Å². The van der Waals surface area contributed by atoms with Crippen molar-refractivity contribution in [1.82, 2.24) is 10.2 Å². The lowest BCUT2D eigenvalue weighted by Crippen LogP contribution is -2.54. The minimum atomic E-state index is -0.721. The van der Waals surface area contributed by atoms with Crippen molar-refractivity contribution in [3.05, 3.63) is 0 Å². The Hall–Kier alpha value is -0.850. The number of ether oxygens (including phenoxy) is 2. The molecular weight excluding hydrogens is 296 g/mol. The number of piperidine rings is 1. The fourth-order valence-electron chi connectivity index (χ4n) is 4.03. The fourth-order valence-corrected chi connectivity index (χ4v) is 4.03. The molecule has 3 fully saturated rings. The third-order valence-electron chi connectivity index (χ3n) is 5.14. The van der Waals surface area contributed by atoms with Crippen molar-refractivity contribution >= 4 is 6.09 Å². The highest BCUT2D eigenvalue weighted by Gasteiger charge is 2.45. The third-order valence-corrected chi connectivity index (χ3v) is 5.14. The van der Waals surface area contributed by atoms with E-state index in [4.69, 9.17) is 9.47 Å². The molecule has 3 unspecified atom stereocenters. The molecular formula is C17H30N2O4. The standard InChI is InChI=1S/C17H30N2O4/c1-16(2,3)23-15(20)19-13-4-5-14(19)9-12(8-13)18-10-17(21)6-7-22-11-17/h12-14,18,21H,4-11H2,1-3H3. The van der Waals surface area contributed by atoms with Crippen molar-refractivity contribution in [1.29, 1.82) is 0 Å². The van der Waals surface area contributed by atoms with Crippen LogP contribution in [0.1, 0.15) is 52.9 Å². The normalized spacial score (nSPS) is 37.2. The molecule has 2 bridgehead atoms. The van der Waals surface area contributed by atoms with E-state index in [0.717, 1.165) is 25.7 Å². The van der Waals surface area contributed by atoms with E-state index in [1.165, 1.54) is 0 Å². The molecule has 3 saturated heterocycles. The number of nitrogens with zero attached hydrogens (tertiary/aromatic N) is 1. The van der Waals surface area contributed by atoms with Crippen LogP contribution in [-0.4, -0.2) is 65.2 Å². The molecule has 1 amide bonds. The van der Waals surface area contributed by atoms with Crippen molar-refractivity contribution in [3.8, 4) is 0 Å². The van der Waals surface area contributed by atoms with E-state index in [1.807, 2.05) is 25.7 Å². The van der Waals surface area contributed by atoms with Gasteiger partial charge in [0, 0.05) is 37.7 Å². The predicted octanol–water partition coefficient (Wildman–Crippen LogP) is 1.66.